The first-order chi connectivity index (χ1) is 12.9. The van der Waals surface area contributed by atoms with Crippen LogP contribution in [0.15, 0.2) is 30.5 Å². The van der Waals surface area contributed by atoms with Crippen LogP contribution in [-0.4, -0.2) is 39.9 Å². The molecule has 1 heterocycles. The van der Waals surface area contributed by atoms with E-state index in [-0.39, 0.29) is 25.3 Å². The van der Waals surface area contributed by atoms with Crippen LogP contribution in [0.2, 0.25) is 0 Å². The number of imidazole rings is 1. The van der Waals surface area contributed by atoms with Crippen molar-refractivity contribution in [3.8, 4) is 5.75 Å². The minimum absolute atomic E-state index is 0.0283. The molecule has 1 aromatic carbocycles. The summed E-state index contributed by atoms with van der Waals surface area (Å²) in [5.41, 5.74) is 5.31. The third kappa shape index (κ3) is 5.99. The number of aryl methyl sites for hydroxylation is 2. The summed E-state index contributed by atoms with van der Waals surface area (Å²) in [4.78, 5) is 37.4. The zero-order valence-corrected chi connectivity index (χ0v) is 14.9. The van der Waals surface area contributed by atoms with Gasteiger partial charge in [-0.3, -0.25) is 20.4 Å². The highest BCUT2D eigenvalue weighted by Gasteiger charge is 2.15. The maximum absolute atomic E-state index is 11.8. The van der Waals surface area contributed by atoms with Gasteiger partial charge in [0.05, 0.1) is 13.7 Å². The molecule has 0 bridgehead atoms. The van der Waals surface area contributed by atoms with Crippen LogP contribution in [0.3, 0.4) is 0 Å². The number of aromatic nitrogens is 2. The molecule has 2 rings (SSSR count). The van der Waals surface area contributed by atoms with Crippen molar-refractivity contribution in [3.63, 3.8) is 0 Å². The second kappa shape index (κ2) is 9.17. The molecule has 0 fully saturated rings. The van der Waals surface area contributed by atoms with Crippen LogP contribution < -0.4 is 20.9 Å². The van der Waals surface area contributed by atoms with Gasteiger partial charge in [0.1, 0.15) is 11.9 Å². The highest BCUT2D eigenvalue weighted by atomic mass is 16.6. The summed E-state index contributed by atoms with van der Waals surface area (Å²) in [5, 5.41) is 13.6. The van der Waals surface area contributed by atoms with E-state index in [9.17, 15) is 19.7 Å². The Balaban J connectivity index is 1.70. The van der Waals surface area contributed by atoms with Crippen molar-refractivity contribution >= 4 is 23.3 Å². The van der Waals surface area contributed by atoms with Gasteiger partial charge < -0.3 is 24.7 Å². The monoisotopic (exact) mass is 376 g/mol. The molecule has 0 saturated carbocycles. The van der Waals surface area contributed by atoms with Crippen molar-refractivity contribution in [1.82, 2.24) is 20.4 Å². The van der Waals surface area contributed by atoms with Crippen molar-refractivity contribution in [1.29, 1.82) is 0 Å². The molecule has 0 saturated heterocycles. The molecule has 3 N–H and O–H groups in total. The number of ether oxygens (including phenoxy) is 1. The van der Waals surface area contributed by atoms with E-state index in [0.29, 0.717) is 11.6 Å². The number of benzene rings is 1. The molecule has 0 unspecified atom stereocenters. The summed E-state index contributed by atoms with van der Waals surface area (Å²) in [6.45, 7) is 1.79. The van der Waals surface area contributed by atoms with E-state index in [1.165, 1.54) is 10.8 Å². The van der Waals surface area contributed by atoms with Gasteiger partial charge in [0.2, 0.25) is 11.7 Å². The number of nitro groups is 1. The average Bonchev–Trinajstić information content (AvgIpc) is 3.04. The Morgan fingerprint density at radius 1 is 1.22 bits per heavy atom. The SMILES string of the molecule is COc1ccc(NCC(=O)NNC(=O)CCn2cc([N+](=O)[O-])nc2C)cc1. The van der Waals surface area contributed by atoms with E-state index >= 15 is 0 Å². The number of anilines is 1. The predicted octanol–water partition coefficient (Wildman–Crippen LogP) is 0.758. The topological polar surface area (TPSA) is 140 Å². The summed E-state index contributed by atoms with van der Waals surface area (Å²) >= 11 is 0. The zero-order chi connectivity index (χ0) is 19.8. The van der Waals surface area contributed by atoms with Crippen LogP contribution in [0, 0.1) is 17.0 Å². The Kier molecular flexibility index (Phi) is 6.69. The summed E-state index contributed by atoms with van der Waals surface area (Å²) < 4.78 is 6.55. The molecule has 11 nitrogen and oxygen atoms in total. The predicted molar refractivity (Wildman–Crippen MR) is 96.0 cm³/mol. The summed E-state index contributed by atoms with van der Waals surface area (Å²) in [7, 11) is 1.56. The number of carbonyl (C=O) groups excluding carboxylic acids is 2. The van der Waals surface area contributed by atoms with E-state index < -0.39 is 16.7 Å². The van der Waals surface area contributed by atoms with E-state index in [4.69, 9.17) is 4.74 Å². The highest BCUT2D eigenvalue weighted by molar-refractivity contribution is 5.84. The lowest BCUT2D eigenvalue weighted by molar-refractivity contribution is -0.389. The lowest BCUT2D eigenvalue weighted by Crippen LogP contribution is -2.44. The summed E-state index contributed by atoms with van der Waals surface area (Å²) in [5.74, 6) is 0.0148. The van der Waals surface area contributed by atoms with Crippen molar-refractivity contribution in [2.24, 2.45) is 0 Å². The van der Waals surface area contributed by atoms with Gasteiger partial charge >= 0.3 is 5.82 Å². The number of nitrogens with one attached hydrogen (secondary N) is 3. The van der Waals surface area contributed by atoms with Crippen molar-refractivity contribution in [3.05, 3.63) is 46.4 Å². The van der Waals surface area contributed by atoms with Crippen LogP contribution in [0.1, 0.15) is 12.2 Å². The summed E-state index contributed by atoms with van der Waals surface area (Å²) in [6, 6.07) is 7.03. The zero-order valence-electron chi connectivity index (χ0n) is 14.9. The molecular weight excluding hydrogens is 356 g/mol. The number of hydrogen-bond donors (Lipinski definition) is 3. The largest absolute Gasteiger partial charge is 0.497 e. The Labute approximate surface area is 154 Å². The van der Waals surface area contributed by atoms with E-state index in [1.54, 1.807) is 38.3 Å². The minimum atomic E-state index is -0.598. The third-order valence-corrected chi connectivity index (χ3v) is 3.61. The molecule has 0 spiro atoms. The molecular formula is C16H20N6O5. The Morgan fingerprint density at radius 2 is 1.89 bits per heavy atom. The molecule has 0 aliphatic carbocycles. The number of amides is 2. The fourth-order valence-corrected chi connectivity index (χ4v) is 2.17. The molecule has 1 aromatic heterocycles. The molecule has 27 heavy (non-hydrogen) atoms. The first-order valence-electron chi connectivity index (χ1n) is 8.03. The van der Waals surface area contributed by atoms with Crippen molar-refractivity contribution < 1.29 is 19.2 Å². The standard InChI is InChI=1S/C16H20N6O5/c1-11-18-14(22(25)26)10-21(11)8-7-15(23)19-20-16(24)9-17-12-3-5-13(27-2)6-4-12/h3-6,10,17H,7-9H2,1-2H3,(H,19,23)(H,20,24). The smallest absolute Gasteiger partial charge is 0.381 e. The lowest BCUT2D eigenvalue weighted by atomic mass is 10.3. The van der Waals surface area contributed by atoms with Crippen LogP contribution in [0.25, 0.3) is 0 Å². The van der Waals surface area contributed by atoms with Gasteiger partial charge in [-0.15, -0.1) is 0 Å². The van der Waals surface area contributed by atoms with E-state index in [0.717, 1.165) is 5.69 Å². The lowest BCUT2D eigenvalue weighted by Gasteiger charge is -2.09. The number of carbonyl (C=O) groups is 2. The van der Waals surface area contributed by atoms with Gasteiger partial charge in [-0.25, -0.2) is 0 Å². The Morgan fingerprint density at radius 3 is 2.48 bits per heavy atom. The van der Waals surface area contributed by atoms with Gasteiger partial charge in [0.25, 0.3) is 5.91 Å². The molecule has 0 aliphatic rings. The maximum Gasteiger partial charge on any atom is 0.381 e. The third-order valence-electron chi connectivity index (χ3n) is 3.61. The van der Waals surface area contributed by atoms with E-state index in [2.05, 4.69) is 21.2 Å². The van der Waals surface area contributed by atoms with Gasteiger partial charge in [0, 0.05) is 25.6 Å². The molecule has 144 valence electrons. The fourth-order valence-electron chi connectivity index (χ4n) is 2.17. The van der Waals surface area contributed by atoms with Crippen LogP contribution in [0.5, 0.6) is 5.75 Å². The molecule has 11 heteroatoms. The van der Waals surface area contributed by atoms with Gasteiger partial charge in [-0.2, -0.15) is 0 Å². The minimum Gasteiger partial charge on any atom is -0.497 e. The molecule has 0 atom stereocenters. The van der Waals surface area contributed by atoms with Crippen LogP contribution in [0.4, 0.5) is 11.5 Å². The normalized spacial score (nSPS) is 10.1. The molecule has 2 aromatic rings. The average molecular weight is 376 g/mol. The first-order valence-corrected chi connectivity index (χ1v) is 8.03. The Bertz CT molecular complexity index is 817. The number of hydrogen-bond acceptors (Lipinski definition) is 7. The maximum atomic E-state index is 11.8. The fraction of sp³-hybridized carbons (Fsp3) is 0.312. The van der Waals surface area contributed by atoms with E-state index in [1.807, 2.05) is 0 Å². The Hall–Kier alpha value is -3.63. The molecule has 2 amide bonds. The first kappa shape index (κ1) is 19.7. The van der Waals surface area contributed by atoms with Gasteiger partial charge in [-0.1, -0.05) is 0 Å². The highest BCUT2D eigenvalue weighted by Crippen LogP contribution is 2.14. The van der Waals surface area contributed by atoms with Gasteiger partial charge in [-0.05, 0) is 34.2 Å². The number of hydrazine groups is 1. The summed E-state index contributed by atoms with van der Waals surface area (Å²) in [6.07, 6.45) is 1.29. The quantitative estimate of drug-likeness (QED) is 0.456. The van der Waals surface area contributed by atoms with Crippen LogP contribution in [-0.2, 0) is 16.1 Å². The van der Waals surface area contributed by atoms with Gasteiger partial charge in [0.15, 0.2) is 0 Å². The second-order valence-corrected chi connectivity index (χ2v) is 5.53. The number of rotatable bonds is 8. The molecule has 0 radical (unpaired) electrons. The van der Waals surface area contributed by atoms with Crippen molar-refractivity contribution in [2.75, 3.05) is 19.0 Å². The second-order valence-electron chi connectivity index (χ2n) is 5.53. The number of nitrogens with zero attached hydrogens (tertiary/aromatic N) is 3. The molecule has 0 aliphatic heterocycles. The number of methoxy groups -OCH3 is 1. The van der Waals surface area contributed by atoms with Crippen molar-refractivity contribution in [2.45, 2.75) is 19.9 Å². The van der Waals surface area contributed by atoms with Crippen LogP contribution >= 0.6 is 0 Å².